The van der Waals surface area contributed by atoms with E-state index < -0.39 is 10.0 Å². The van der Waals surface area contributed by atoms with E-state index in [0.717, 1.165) is 21.8 Å². The third kappa shape index (κ3) is 5.19. The van der Waals surface area contributed by atoms with Crippen LogP contribution in [-0.2, 0) is 16.6 Å². The van der Waals surface area contributed by atoms with Gasteiger partial charge in [0.1, 0.15) is 5.01 Å². The van der Waals surface area contributed by atoms with Gasteiger partial charge in [-0.15, -0.1) is 11.3 Å². The number of hydrogen-bond donors (Lipinski definition) is 2. The number of aromatic nitrogens is 2. The molecule has 2 N–H and O–H groups in total. The minimum atomic E-state index is -3.74. The van der Waals surface area contributed by atoms with Crippen molar-refractivity contribution in [3.63, 3.8) is 0 Å². The van der Waals surface area contributed by atoms with Gasteiger partial charge in [0, 0.05) is 34.6 Å². The highest BCUT2D eigenvalue weighted by atomic mass is 32.2. The largest absolute Gasteiger partial charge is 0.346 e. The van der Waals surface area contributed by atoms with Crippen LogP contribution in [0.5, 0.6) is 0 Å². The number of hydrogen-bond acceptors (Lipinski definition) is 6. The molecule has 32 heavy (non-hydrogen) atoms. The predicted octanol–water partition coefficient (Wildman–Crippen LogP) is 4.24. The minimum absolute atomic E-state index is 0.0801. The van der Waals surface area contributed by atoms with Gasteiger partial charge in [-0.25, -0.2) is 13.4 Å². The number of aryl methyl sites for hydroxylation is 1. The molecule has 0 fully saturated rings. The van der Waals surface area contributed by atoms with Gasteiger partial charge in [-0.05, 0) is 55.5 Å². The summed E-state index contributed by atoms with van der Waals surface area (Å²) in [6, 6.07) is 16.6. The molecule has 0 bridgehead atoms. The lowest BCUT2D eigenvalue weighted by atomic mass is 10.2. The third-order valence-electron chi connectivity index (χ3n) is 4.66. The molecule has 9 heteroatoms. The van der Waals surface area contributed by atoms with Crippen LogP contribution in [-0.4, -0.2) is 24.3 Å². The van der Waals surface area contributed by atoms with Crippen molar-refractivity contribution in [3.8, 4) is 11.3 Å². The van der Waals surface area contributed by atoms with Gasteiger partial charge in [-0.1, -0.05) is 17.7 Å². The summed E-state index contributed by atoms with van der Waals surface area (Å²) in [5.41, 5.74) is 3.68. The Balaban J connectivity index is 1.38. The minimum Gasteiger partial charge on any atom is -0.346 e. The Labute approximate surface area is 190 Å². The molecule has 0 saturated carbocycles. The van der Waals surface area contributed by atoms with E-state index in [1.54, 1.807) is 24.5 Å². The summed E-state index contributed by atoms with van der Waals surface area (Å²) >= 11 is 1.46. The zero-order valence-electron chi connectivity index (χ0n) is 17.1. The smallest absolute Gasteiger partial charge is 0.261 e. The van der Waals surface area contributed by atoms with Crippen LogP contribution in [0.25, 0.3) is 11.3 Å². The zero-order chi connectivity index (χ0) is 22.6. The standard InChI is InChI=1S/C23H20N4O3S2/c1-16-2-6-19(7-3-16)27-32(29,30)20-8-4-18(5-9-20)23(28)25-14-22-26-21(15-31-22)17-10-12-24-13-11-17/h2-13,15,27H,14H2,1H3,(H,25,28). The highest BCUT2D eigenvalue weighted by molar-refractivity contribution is 7.92. The number of nitrogens with one attached hydrogen (secondary N) is 2. The van der Waals surface area contributed by atoms with Crippen LogP contribution >= 0.6 is 11.3 Å². The second-order valence-electron chi connectivity index (χ2n) is 7.04. The lowest BCUT2D eigenvalue weighted by Crippen LogP contribution is -2.22. The summed E-state index contributed by atoms with van der Waals surface area (Å²) in [5, 5.41) is 5.51. The van der Waals surface area contributed by atoms with E-state index >= 15 is 0 Å². The maximum absolute atomic E-state index is 12.6. The summed E-state index contributed by atoms with van der Waals surface area (Å²) in [4.78, 5) is 21.1. The summed E-state index contributed by atoms with van der Waals surface area (Å²) in [5.74, 6) is -0.305. The van der Waals surface area contributed by atoms with Crippen molar-refractivity contribution in [2.45, 2.75) is 18.4 Å². The monoisotopic (exact) mass is 464 g/mol. The van der Waals surface area contributed by atoms with Crippen LogP contribution in [0.2, 0.25) is 0 Å². The van der Waals surface area contributed by atoms with Gasteiger partial charge in [-0.2, -0.15) is 0 Å². The normalized spacial score (nSPS) is 11.2. The molecule has 2 aromatic heterocycles. The molecule has 0 saturated heterocycles. The van der Waals surface area contributed by atoms with Crippen molar-refractivity contribution in [3.05, 3.63) is 94.6 Å². The van der Waals surface area contributed by atoms with Gasteiger partial charge in [0.15, 0.2) is 0 Å². The van der Waals surface area contributed by atoms with Crippen LogP contribution in [0, 0.1) is 6.92 Å². The average molecular weight is 465 g/mol. The first-order valence-electron chi connectivity index (χ1n) is 9.73. The SMILES string of the molecule is Cc1ccc(NS(=O)(=O)c2ccc(C(=O)NCc3nc(-c4ccncc4)cs3)cc2)cc1. The Morgan fingerprint density at radius 1 is 0.969 bits per heavy atom. The van der Waals surface area contributed by atoms with Crippen LogP contribution in [0.4, 0.5) is 5.69 Å². The van der Waals surface area contributed by atoms with Crippen LogP contribution in [0.3, 0.4) is 0 Å². The van der Waals surface area contributed by atoms with E-state index in [0.29, 0.717) is 11.3 Å². The number of carbonyl (C=O) groups excluding carboxylic acids is 1. The Kier molecular flexibility index (Phi) is 6.29. The fourth-order valence-electron chi connectivity index (χ4n) is 2.93. The van der Waals surface area contributed by atoms with Gasteiger partial charge >= 0.3 is 0 Å². The molecule has 7 nitrogen and oxygen atoms in total. The van der Waals surface area contributed by atoms with Crippen molar-refractivity contribution < 1.29 is 13.2 Å². The predicted molar refractivity (Wildman–Crippen MR) is 125 cm³/mol. The molecule has 1 amide bonds. The van der Waals surface area contributed by atoms with E-state index in [2.05, 4.69) is 20.0 Å². The van der Waals surface area contributed by atoms with Crippen molar-refractivity contribution in [2.75, 3.05) is 4.72 Å². The molecular formula is C23H20N4O3S2. The Morgan fingerprint density at radius 2 is 1.66 bits per heavy atom. The summed E-state index contributed by atoms with van der Waals surface area (Å²) in [6.45, 7) is 2.21. The molecule has 0 spiro atoms. The van der Waals surface area contributed by atoms with Crippen molar-refractivity contribution in [1.82, 2.24) is 15.3 Å². The molecule has 0 atom stereocenters. The second kappa shape index (κ2) is 9.29. The Morgan fingerprint density at radius 3 is 2.34 bits per heavy atom. The second-order valence-corrected chi connectivity index (χ2v) is 9.67. The fourth-order valence-corrected chi connectivity index (χ4v) is 4.73. The molecule has 0 aliphatic carbocycles. The van der Waals surface area contributed by atoms with E-state index in [4.69, 9.17) is 0 Å². The lowest BCUT2D eigenvalue weighted by Gasteiger charge is -2.09. The molecule has 0 unspecified atom stereocenters. The number of thiazole rings is 1. The number of benzene rings is 2. The van der Waals surface area contributed by atoms with E-state index in [1.165, 1.54) is 35.6 Å². The average Bonchev–Trinajstić information content (AvgIpc) is 3.29. The number of amides is 1. The number of carbonyl (C=O) groups is 1. The number of anilines is 1. The molecule has 4 aromatic rings. The van der Waals surface area contributed by atoms with Crippen molar-refractivity contribution in [2.24, 2.45) is 0 Å². The van der Waals surface area contributed by atoms with Crippen LogP contribution in [0.1, 0.15) is 20.9 Å². The number of sulfonamides is 1. The third-order valence-corrected chi connectivity index (χ3v) is 6.90. The van der Waals surface area contributed by atoms with Gasteiger partial charge in [0.05, 0.1) is 17.1 Å². The van der Waals surface area contributed by atoms with E-state index in [1.807, 2.05) is 36.6 Å². The number of rotatable bonds is 7. The summed E-state index contributed by atoms with van der Waals surface area (Å²) in [6.07, 6.45) is 3.41. The maximum Gasteiger partial charge on any atom is 0.261 e. The first-order chi connectivity index (χ1) is 15.4. The molecular weight excluding hydrogens is 444 g/mol. The number of pyridine rings is 1. The first kappa shape index (κ1) is 21.7. The molecule has 0 aliphatic heterocycles. The van der Waals surface area contributed by atoms with E-state index in [-0.39, 0.29) is 17.3 Å². The number of nitrogens with zero attached hydrogens (tertiary/aromatic N) is 2. The maximum atomic E-state index is 12.6. The van der Waals surface area contributed by atoms with Crippen molar-refractivity contribution in [1.29, 1.82) is 0 Å². The van der Waals surface area contributed by atoms with Gasteiger partial charge < -0.3 is 5.32 Å². The fraction of sp³-hybridized carbons (Fsp3) is 0.0870. The van der Waals surface area contributed by atoms with Crippen molar-refractivity contribution >= 4 is 33.0 Å². The highest BCUT2D eigenvalue weighted by Crippen LogP contribution is 2.21. The van der Waals surface area contributed by atoms with Crippen LogP contribution in [0.15, 0.2) is 83.3 Å². The lowest BCUT2D eigenvalue weighted by molar-refractivity contribution is 0.0950. The molecule has 2 heterocycles. The zero-order valence-corrected chi connectivity index (χ0v) is 18.8. The van der Waals surface area contributed by atoms with Gasteiger partial charge in [0.25, 0.3) is 15.9 Å². The Hall–Kier alpha value is -3.56. The molecule has 0 aliphatic rings. The molecule has 4 rings (SSSR count). The van der Waals surface area contributed by atoms with Gasteiger partial charge in [-0.3, -0.25) is 14.5 Å². The topological polar surface area (TPSA) is 101 Å². The quantitative estimate of drug-likeness (QED) is 0.426. The highest BCUT2D eigenvalue weighted by Gasteiger charge is 2.15. The van der Waals surface area contributed by atoms with E-state index in [9.17, 15) is 13.2 Å². The molecule has 0 radical (unpaired) electrons. The Bertz CT molecular complexity index is 1320. The summed E-state index contributed by atoms with van der Waals surface area (Å²) in [7, 11) is -3.74. The first-order valence-corrected chi connectivity index (χ1v) is 12.1. The molecule has 162 valence electrons. The summed E-state index contributed by atoms with van der Waals surface area (Å²) < 4.78 is 27.7. The van der Waals surface area contributed by atoms with Crippen LogP contribution < -0.4 is 10.0 Å². The molecule has 2 aromatic carbocycles. The van der Waals surface area contributed by atoms with Gasteiger partial charge in [0.2, 0.25) is 0 Å².